The maximum Gasteiger partial charge on any atom is 0.323 e. The van der Waals surface area contributed by atoms with E-state index >= 15 is 0 Å². The zero-order valence-electron chi connectivity index (χ0n) is 12.6. The third-order valence-corrected chi connectivity index (χ3v) is 4.65. The maximum atomic E-state index is 13.0. The number of piperazine rings is 1. The average molecular weight is 303 g/mol. The van der Waals surface area contributed by atoms with E-state index in [0.717, 1.165) is 12.0 Å². The summed E-state index contributed by atoms with van der Waals surface area (Å²) in [7, 11) is 1.73. The third-order valence-electron chi connectivity index (χ3n) is 4.65. The van der Waals surface area contributed by atoms with Crippen molar-refractivity contribution in [2.75, 3.05) is 13.6 Å². The molecule has 3 rings (SSSR count). The molecule has 6 heteroatoms. The van der Waals surface area contributed by atoms with Gasteiger partial charge in [-0.2, -0.15) is 0 Å². The van der Waals surface area contributed by atoms with Gasteiger partial charge in [-0.25, -0.2) is 0 Å². The Morgan fingerprint density at radius 1 is 1.36 bits per heavy atom. The summed E-state index contributed by atoms with van der Waals surface area (Å²) in [5.74, 6) is -1.13. The largest absolute Gasteiger partial charge is 0.480 e. The molecule has 3 atom stereocenters. The number of carbonyl (C=O) groups is 2. The number of hydrogen-bond donors (Lipinski definition) is 3. The molecule has 0 radical (unpaired) electrons. The summed E-state index contributed by atoms with van der Waals surface area (Å²) in [6.45, 7) is 1.06. The summed E-state index contributed by atoms with van der Waals surface area (Å²) in [5, 5.41) is 15.7. The smallest absolute Gasteiger partial charge is 0.323 e. The van der Waals surface area contributed by atoms with Gasteiger partial charge in [0, 0.05) is 26.2 Å². The van der Waals surface area contributed by atoms with Gasteiger partial charge in [0.15, 0.2) is 0 Å². The normalized spacial score (nSPS) is 30.0. The van der Waals surface area contributed by atoms with Crippen LogP contribution >= 0.6 is 0 Å². The van der Waals surface area contributed by atoms with Crippen molar-refractivity contribution < 1.29 is 14.7 Å². The Morgan fingerprint density at radius 2 is 2.09 bits per heavy atom. The van der Waals surface area contributed by atoms with Gasteiger partial charge in [-0.3, -0.25) is 14.9 Å². The lowest BCUT2D eigenvalue weighted by molar-refractivity contribution is -0.150. The van der Waals surface area contributed by atoms with Crippen molar-refractivity contribution in [1.29, 1.82) is 0 Å². The van der Waals surface area contributed by atoms with Gasteiger partial charge < -0.3 is 15.3 Å². The second-order valence-electron chi connectivity index (χ2n) is 6.18. The minimum absolute atomic E-state index is 0.154. The summed E-state index contributed by atoms with van der Waals surface area (Å²) in [6.07, 6.45) is 1.38. The second-order valence-corrected chi connectivity index (χ2v) is 6.18. The summed E-state index contributed by atoms with van der Waals surface area (Å²) < 4.78 is 0. The number of nitrogens with one attached hydrogen (secondary N) is 2. The van der Waals surface area contributed by atoms with E-state index in [0.29, 0.717) is 19.5 Å². The Labute approximate surface area is 129 Å². The molecule has 2 aliphatic rings. The number of carboxylic acid groups (broad SMARTS) is 1. The summed E-state index contributed by atoms with van der Waals surface area (Å²) in [5.41, 5.74) is -0.00176. The number of benzene rings is 1. The van der Waals surface area contributed by atoms with E-state index < -0.39 is 17.6 Å². The predicted molar refractivity (Wildman–Crippen MR) is 81.2 cm³/mol. The van der Waals surface area contributed by atoms with Crippen LogP contribution in [-0.4, -0.2) is 53.1 Å². The van der Waals surface area contributed by atoms with Crippen LogP contribution < -0.4 is 10.6 Å². The van der Waals surface area contributed by atoms with Gasteiger partial charge in [0.1, 0.15) is 11.6 Å². The van der Waals surface area contributed by atoms with Crippen molar-refractivity contribution in [2.24, 2.45) is 0 Å². The number of hydrogen-bond acceptors (Lipinski definition) is 4. The van der Waals surface area contributed by atoms with E-state index in [-0.39, 0.29) is 11.9 Å². The number of nitrogens with zero attached hydrogens (tertiary/aromatic N) is 1. The summed E-state index contributed by atoms with van der Waals surface area (Å²) in [4.78, 5) is 26.1. The molecule has 2 aliphatic heterocycles. The number of amides is 1. The first-order valence-electron chi connectivity index (χ1n) is 7.56. The van der Waals surface area contributed by atoms with Crippen molar-refractivity contribution >= 4 is 11.9 Å². The summed E-state index contributed by atoms with van der Waals surface area (Å²) >= 11 is 0. The Morgan fingerprint density at radius 3 is 2.77 bits per heavy atom. The van der Waals surface area contributed by atoms with E-state index in [4.69, 9.17) is 0 Å². The average Bonchev–Trinajstić information content (AvgIpc) is 2.85. The first-order chi connectivity index (χ1) is 10.5. The number of likely N-dealkylation sites (N-methyl/N-ethyl adjacent to an activating group) is 1. The SMILES string of the molecule is CN(Cc1ccccc1)C(=O)C12CCC(CNC1C(=O)O)N2. The minimum Gasteiger partial charge on any atom is -0.480 e. The van der Waals surface area contributed by atoms with Gasteiger partial charge in [-0.15, -0.1) is 0 Å². The molecule has 0 spiro atoms. The highest BCUT2D eigenvalue weighted by atomic mass is 16.4. The van der Waals surface area contributed by atoms with E-state index in [2.05, 4.69) is 10.6 Å². The highest BCUT2D eigenvalue weighted by Gasteiger charge is 2.57. The molecular formula is C16H21N3O3. The molecule has 2 fully saturated rings. The fourth-order valence-corrected chi connectivity index (χ4v) is 3.59. The molecule has 3 N–H and O–H groups in total. The zero-order valence-corrected chi connectivity index (χ0v) is 12.6. The maximum absolute atomic E-state index is 13.0. The first kappa shape index (κ1) is 15.0. The third kappa shape index (κ3) is 2.48. The lowest BCUT2D eigenvalue weighted by Crippen LogP contribution is -2.72. The fraction of sp³-hybridized carbons (Fsp3) is 0.500. The lowest BCUT2D eigenvalue weighted by Gasteiger charge is -2.41. The molecule has 0 aromatic heterocycles. The standard InChI is InChI=1S/C16H21N3O3/c1-19(10-11-5-3-2-4-6-11)15(22)16-8-7-12(18-16)9-17-13(16)14(20)21/h2-6,12-13,17-18H,7-10H2,1H3,(H,20,21). The molecule has 1 amide bonds. The van der Waals surface area contributed by atoms with Crippen LogP contribution in [0.5, 0.6) is 0 Å². The van der Waals surface area contributed by atoms with Crippen LogP contribution in [0.25, 0.3) is 0 Å². The molecule has 118 valence electrons. The molecule has 2 bridgehead atoms. The van der Waals surface area contributed by atoms with Crippen molar-refractivity contribution in [2.45, 2.75) is 37.0 Å². The number of carboxylic acids is 1. The van der Waals surface area contributed by atoms with Gasteiger partial charge in [-0.05, 0) is 18.4 Å². The van der Waals surface area contributed by atoms with Crippen LogP contribution in [0.3, 0.4) is 0 Å². The van der Waals surface area contributed by atoms with Gasteiger partial charge in [-0.1, -0.05) is 30.3 Å². The van der Waals surface area contributed by atoms with E-state index in [1.54, 1.807) is 11.9 Å². The molecule has 1 aromatic rings. The quantitative estimate of drug-likeness (QED) is 0.740. The van der Waals surface area contributed by atoms with Gasteiger partial charge >= 0.3 is 5.97 Å². The topological polar surface area (TPSA) is 81.7 Å². The number of aliphatic carboxylic acids is 1. The molecule has 2 saturated heterocycles. The lowest BCUT2D eigenvalue weighted by atomic mass is 9.86. The molecule has 22 heavy (non-hydrogen) atoms. The van der Waals surface area contributed by atoms with Crippen LogP contribution in [0.4, 0.5) is 0 Å². The van der Waals surface area contributed by atoms with Gasteiger partial charge in [0.2, 0.25) is 5.91 Å². The molecule has 3 unspecified atom stereocenters. The monoisotopic (exact) mass is 303 g/mol. The number of rotatable bonds is 4. The highest BCUT2D eigenvalue weighted by molar-refractivity contribution is 5.94. The van der Waals surface area contributed by atoms with Crippen molar-refractivity contribution in [3.63, 3.8) is 0 Å². The van der Waals surface area contributed by atoms with E-state index in [9.17, 15) is 14.7 Å². The Bertz CT molecular complexity index is 577. The Hall–Kier alpha value is -1.92. The Balaban J connectivity index is 1.81. The minimum atomic E-state index is -1.03. The van der Waals surface area contributed by atoms with Crippen LogP contribution in [0, 0.1) is 0 Å². The molecule has 2 heterocycles. The fourth-order valence-electron chi connectivity index (χ4n) is 3.59. The molecule has 6 nitrogen and oxygen atoms in total. The summed E-state index contributed by atoms with van der Waals surface area (Å²) in [6, 6.07) is 9.00. The van der Waals surface area contributed by atoms with Crippen LogP contribution in [-0.2, 0) is 16.1 Å². The highest BCUT2D eigenvalue weighted by Crippen LogP contribution is 2.32. The molecule has 0 saturated carbocycles. The first-order valence-corrected chi connectivity index (χ1v) is 7.56. The second kappa shape index (κ2) is 5.70. The van der Waals surface area contributed by atoms with Crippen molar-refractivity contribution in [3.8, 4) is 0 Å². The van der Waals surface area contributed by atoms with Crippen LogP contribution in [0.1, 0.15) is 18.4 Å². The van der Waals surface area contributed by atoms with Gasteiger partial charge in [0.25, 0.3) is 0 Å². The zero-order chi connectivity index (χ0) is 15.7. The van der Waals surface area contributed by atoms with Crippen LogP contribution in [0.2, 0.25) is 0 Å². The van der Waals surface area contributed by atoms with E-state index in [1.165, 1.54) is 0 Å². The number of carbonyl (C=O) groups excluding carboxylic acids is 1. The Kier molecular flexibility index (Phi) is 3.88. The van der Waals surface area contributed by atoms with Crippen LogP contribution in [0.15, 0.2) is 30.3 Å². The van der Waals surface area contributed by atoms with Crippen molar-refractivity contribution in [3.05, 3.63) is 35.9 Å². The van der Waals surface area contributed by atoms with E-state index in [1.807, 2.05) is 30.3 Å². The molecule has 0 aliphatic carbocycles. The molecule has 1 aromatic carbocycles. The molecular weight excluding hydrogens is 282 g/mol. The number of fused-ring (bicyclic) bond motifs is 2. The van der Waals surface area contributed by atoms with Crippen molar-refractivity contribution in [1.82, 2.24) is 15.5 Å². The predicted octanol–water partition coefficient (Wildman–Crippen LogP) is 0.192. The van der Waals surface area contributed by atoms with Gasteiger partial charge in [0.05, 0.1) is 0 Å².